The SMILES string of the molecule is CCC1CC1NC1CCC(C(C)(C)C)CC1. The summed E-state index contributed by atoms with van der Waals surface area (Å²) in [6.07, 6.45) is 8.50. The zero-order valence-corrected chi connectivity index (χ0v) is 11.6. The van der Waals surface area contributed by atoms with Gasteiger partial charge in [0.2, 0.25) is 0 Å². The Kier molecular flexibility index (Phi) is 3.63. The Morgan fingerprint density at radius 2 is 1.69 bits per heavy atom. The van der Waals surface area contributed by atoms with E-state index < -0.39 is 0 Å². The first-order valence-electron chi connectivity index (χ1n) is 7.26. The first-order chi connectivity index (χ1) is 7.50. The molecule has 1 heteroatoms. The Bertz CT molecular complexity index is 220. The molecule has 0 aromatic heterocycles. The zero-order chi connectivity index (χ0) is 11.8. The van der Waals surface area contributed by atoms with Crippen LogP contribution in [0.5, 0.6) is 0 Å². The van der Waals surface area contributed by atoms with Gasteiger partial charge in [0.05, 0.1) is 0 Å². The van der Waals surface area contributed by atoms with Crippen molar-refractivity contribution in [2.45, 2.75) is 78.3 Å². The highest BCUT2D eigenvalue weighted by Gasteiger charge is 2.38. The topological polar surface area (TPSA) is 12.0 Å². The normalized spacial score (nSPS) is 39.8. The van der Waals surface area contributed by atoms with Crippen LogP contribution in [0, 0.1) is 17.3 Å². The summed E-state index contributed by atoms with van der Waals surface area (Å²) >= 11 is 0. The minimum atomic E-state index is 0.524. The van der Waals surface area contributed by atoms with Gasteiger partial charge >= 0.3 is 0 Å². The molecule has 16 heavy (non-hydrogen) atoms. The van der Waals surface area contributed by atoms with Crippen LogP contribution >= 0.6 is 0 Å². The maximum atomic E-state index is 3.87. The lowest BCUT2D eigenvalue weighted by Gasteiger charge is -2.37. The van der Waals surface area contributed by atoms with E-state index in [0.29, 0.717) is 5.41 Å². The maximum absolute atomic E-state index is 3.87. The highest BCUT2D eigenvalue weighted by molar-refractivity contribution is 4.95. The van der Waals surface area contributed by atoms with Crippen LogP contribution in [-0.4, -0.2) is 12.1 Å². The van der Waals surface area contributed by atoms with Crippen LogP contribution in [0.2, 0.25) is 0 Å². The van der Waals surface area contributed by atoms with E-state index in [4.69, 9.17) is 0 Å². The fourth-order valence-electron chi connectivity index (χ4n) is 3.33. The van der Waals surface area contributed by atoms with Crippen molar-refractivity contribution in [2.75, 3.05) is 0 Å². The summed E-state index contributed by atoms with van der Waals surface area (Å²) in [5.74, 6) is 1.95. The Morgan fingerprint density at radius 1 is 1.06 bits per heavy atom. The Balaban J connectivity index is 1.70. The molecule has 2 aliphatic rings. The standard InChI is InChI=1S/C15H29N/c1-5-11-10-14(11)16-13-8-6-12(7-9-13)15(2,3)4/h11-14,16H,5-10H2,1-4H3. The van der Waals surface area contributed by atoms with Crippen LogP contribution in [0.3, 0.4) is 0 Å². The van der Waals surface area contributed by atoms with Crippen LogP contribution in [0.4, 0.5) is 0 Å². The molecule has 0 spiro atoms. The molecule has 2 fully saturated rings. The highest BCUT2D eigenvalue weighted by atomic mass is 15.0. The van der Waals surface area contributed by atoms with Gasteiger partial charge < -0.3 is 5.32 Å². The lowest BCUT2D eigenvalue weighted by molar-refractivity contribution is 0.159. The smallest absolute Gasteiger partial charge is 0.0102 e. The van der Waals surface area contributed by atoms with Gasteiger partial charge in [-0.1, -0.05) is 34.1 Å². The molecule has 1 nitrogen and oxygen atoms in total. The maximum Gasteiger partial charge on any atom is 0.0102 e. The zero-order valence-electron chi connectivity index (χ0n) is 11.6. The van der Waals surface area contributed by atoms with E-state index in [-0.39, 0.29) is 0 Å². The number of nitrogens with one attached hydrogen (secondary N) is 1. The minimum Gasteiger partial charge on any atom is -0.311 e. The van der Waals surface area contributed by atoms with E-state index in [9.17, 15) is 0 Å². The van der Waals surface area contributed by atoms with E-state index in [0.717, 1.165) is 23.9 Å². The highest BCUT2D eigenvalue weighted by Crippen LogP contribution is 2.39. The van der Waals surface area contributed by atoms with Crippen molar-refractivity contribution in [1.29, 1.82) is 0 Å². The summed E-state index contributed by atoms with van der Waals surface area (Å²) in [5, 5.41) is 3.87. The van der Waals surface area contributed by atoms with E-state index >= 15 is 0 Å². The van der Waals surface area contributed by atoms with Gasteiger partial charge in [-0.2, -0.15) is 0 Å². The van der Waals surface area contributed by atoms with Gasteiger partial charge in [-0.3, -0.25) is 0 Å². The molecule has 2 saturated carbocycles. The Morgan fingerprint density at radius 3 is 2.12 bits per heavy atom. The van der Waals surface area contributed by atoms with Crippen molar-refractivity contribution in [1.82, 2.24) is 5.32 Å². The van der Waals surface area contributed by atoms with E-state index in [2.05, 4.69) is 33.0 Å². The molecule has 2 atom stereocenters. The molecule has 2 unspecified atom stereocenters. The van der Waals surface area contributed by atoms with Gasteiger partial charge in [-0.05, 0) is 49.4 Å². The van der Waals surface area contributed by atoms with Gasteiger partial charge in [0, 0.05) is 12.1 Å². The number of hydrogen-bond acceptors (Lipinski definition) is 1. The van der Waals surface area contributed by atoms with Crippen LogP contribution in [-0.2, 0) is 0 Å². The number of hydrogen-bond donors (Lipinski definition) is 1. The molecular weight excluding hydrogens is 194 g/mol. The van der Waals surface area contributed by atoms with Crippen molar-refractivity contribution in [3.63, 3.8) is 0 Å². The molecule has 0 aliphatic heterocycles. The second-order valence-corrected chi connectivity index (χ2v) is 7.09. The molecule has 2 rings (SSSR count). The second-order valence-electron chi connectivity index (χ2n) is 7.09. The van der Waals surface area contributed by atoms with Crippen LogP contribution < -0.4 is 5.32 Å². The molecule has 0 aromatic carbocycles. The van der Waals surface area contributed by atoms with Gasteiger partial charge in [-0.15, -0.1) is 0 Å². The predicted octanol–water partition coefficient (Wildman–Crippen LogP) is 3.98. The average Bonchev–Trinajstić information content (AvgIpc) is 2.96. The lowest BCUT2D eigenvalue weighted by atomic mass is 9.71. The van der Waals surface area contributed by atoms with Crippen molar-refractivity contribution in [2.24, 2.45) is 17.3 Å². The fraction of sp³-hybridized carbons (Fsp3) is 1.00. The summed E-state index contributed by atoms with van der Waals surface area (Å²) in [6.45, 7) is 9.53. The van der Waals surface area contributed by atoms with Gasteiger partial charge in [0.1, 0.15) is 0 Å². The molecule has 0 saturated heterocycles. The van der Waals surface area contributed by atoms with E-state index in [1.54, 1.807) is 0 Å². The molecule has 0 radical (unpaired) electrons. The summed E-state index contributed by atoms with van der Waals surface area (Å²) in [6, 6.07) is 1.71. The molecular formula is C15H29N. The Hall–Kier alpha value is -0.0400. The first kappa shape index (κ1) is 12.4. The third kappa shape index (κ3) is 3.00. The fourth-order valence-corrected chi connectivity index (χ4v) is 3.33. The van der Waals surface area contributed by atoms with Crippen LogP contribution in [0.15, 0.2) is 0 Å². The molecule has 0 bridgehead atoms. The molecule has 0 amide bonds. The van der Waals surface area contributed by atoms with Gasteiger partial charge in [0.15, 0.2) is 0 Å². The van der Waals surface area contributed by atoms with Crippen molar-refractivity contribution >= 4 is 0 Å². The van der Waals surface area contributed by atoms with E-state index in [1.165, 1.54) is 38.5 Å². The summed E-state index contributed by atoms with van der Waals surface area (Å²) in [4.78, 5) is 0. The molecule has 1 N–H and O–H groups in total. The quantitative estimate of drug-likeness (QED) is 0.763. The lowest BCUT2D eigenvalue weighted by Crippen LogP contribution is -2.37. The van der Waals surface area contributed by atoms with Gasteiger partial charge in [-0.25, -0.2) is 0 Å². The first-order valence-corrected chi connectivity index (χ1v) is 7.26. The molecule has 2 aliphatic carbocycles. The van der Waals surface area contributed by atoms with Crippen molar-refractivity contribution in [3.8, 4) is 0 Å². The summed E-state index contributed by atoms with van der Waals surface area (Å²) < 4.78 is 0. The van der Waals surface area contributed by atoms with E-state index in [1.807, 2.05) is 0 Å². The second kappa shape index (κ2) is 4.68. The summed E-state index contributed by atoms with van der Waals surface area (Å²) in [7, 11) is 0. The molecule has 0 heterocycles. The molecule has 0 aromatic rings. The summed E-state index contributed by atoms with van der Waals surface area (Å²) in [5.41, 5.74) is 0.524. The van der Waals surface area contributed by atoms with Crippen molar-refractivity contribution < 1.29 is 0 Å². The molecule has 94 valence electrons. The van der Waals surface area contributed by atoms with Gasteiger partial charge in [0.25, 0.3) is 0 Å². The average molecular weight is 223 g/mol. The monoisotopic (exact) mass is 223 g/mol. The van der Waals surface area contributed by atoms with Crippen LogP contribution in [0.25, 0.3) is 0 Å². The third-order valence-electron chi connectivity index (χ3n) is 4.85. The van der Waals surface area contributed by atoms with Crippen molar-refractivity contribution in [3.05, 3.63) is 0 Å². The Labute approximate surface area is 101 Å². The minimum absolute atomic E-state index is 0.524. The third-order valence-corrected chi connectivity index (χ3v) is 4.85. The largest absolute Gasteiger partial charge is 0.311 e. The number of rotatable bonds is 3. The predicted molar refractivity (Wildman–Crippen MR) is 70.5 cm³/mol. The van der Waals surface area contributed by atoms with Crippen LogP contribution in [0.1, 0.15) is 66.2 Å².